The van der Waals surface area contributed by atoms with Crippen LogP contribution < -0.4 is 0 Å². The van der Waals surface area contributed by atoms with E-state index in [0.29, 0.717) is 12.7 Å². The second-order valence-electron chi connectivity index (χ2n) is 12.5. The number of hydrogen-bond donors (Lipinski definition) is 2. The second kappa shape index (κ2) is 10.0. The molecule has 1 heterocycles. The Balaban J connectivity index is 1.69. The van der Waals surface area contributed by atoms with Crippen LogP contribution in [0.5, 0.6) is 0 Å². The predicted molar refractivity (Wildman–Crippen MR) is 143 cm³/mol. The van der Waals surface area contributed by atoms with Gasteiger partial charge in [-0.15, -0.1) is 0 Å². The van der Waals surface area contributed by atoms with Crippen molar-refractivity contribution in [2.24, 2.45) is 16.7 Å². The van der Waals surface area contributed by atoms with E-state index in [1.807, 2.05) is 13.8 Å². The van der Waals surface area contributed by atoms with E-state index in [0.717, 1.165) is 11.1 Å². The van der Waals surface area contributed by atoms with Gasteiger partial charge in [0.2, 0.25) is 0 Å². The number of hydrogen-bond acceptors (Lipinski definition) is 10. The highest BCUT2D eigenvalue weighted by Crippen LogP contribution is 2.65. The van der Waals surface area contributed by atoms with Crippen molar-refractivity contribution < 1.29 is 48.3 Å². The SMILES string of the molecule is CC(=O)O[C@H]1C[C@]2(C)C1=C(C)CC[C@@]2(O)[C@@H](OC(=O)c1ccccc1)C1[C@]2(OC(C)=O)COC2C[C@H](O)[C@@]1(C)C=O. The van der Waals surface area contributed by atoms with Crippen molar-refractivity contribution in [3.05, 3.63) is 47.0 Å². The van der Waals surface area contributed by atoms with Crippen molar-refractivity contribution in [3.8, 4) is 0 Å². The minimum atomic E-state index is -1.79. The number of fused-ring (bicyclic) bond motifs is 2. The molecule has 1 aromatic carbocycles. The first-order chi connectivity index (χ1) is 19.2. The van der Waals surface area contributed by atoms with Crippen LogP contribution in [0.25, 0.3) is 0 Å². The molecule has 0 bridgehead atoms. The standard InChI is InChI=1S/C31H38O10/c1-17-11-12-31(37,29(5)14-21(24(17)29)39-18(2)33)26(40-27(36)20-9-7-6-8-10-20)25-28(4,15-32)22(35)13-23-30(25,16-38-23)41-19(3)34/h6-10,15,21-23,25-26,35,37H,11-14,16H2,1-5H3/t21-,22-,23?,25?,26-,28+,29+,30-,31+/m0/s1. The van der Waals surface area contributed by atoms with Gasteiger partial charge in [-0.05, 0) is 44.4 Å². The first-order valence-corrected chi connectivity index (χ1v) is 14.0. The molecule has 1 saturated heterocycles. The number of aliphatic hydroxyl groups excluding tert-OH is 1. The van der Waals surface area contributed by atoms with E-state index >= 15 is 0 Å². The van der Waals surface area contributed by atoms with Gasteiger partial charge in [0, 0.05) is 32.1 Å². The number of carbonyl (C=O) groups excluding carboxylic acids is 4. The minimum Gasteiger partial charge on any atom is -0.458 e. The van der Waals surface area contributed by atoms with Crippen molar-refractivity contribution in [3.63, 3.8) is 0 Å². The zero-order valence-corrected chi connectivity index (χ0v) is 24.0. The first-order valence-electron chi connectivity index (χ1n) is 14.0. The summed E-state index contributed by atoms with van der Waals surface area (Å²) < 4.78 is 23.5. The van der Waals surface area contributed by atoms with Crippen LogP contribution in [0, 0.1) is 16.7 Å². The number of ether oxygens (including phenoxy) is 4. The molecular weight excluding hydrogens is 532 g/mol. The van der Waals surface area contributed by atoms with Crippen molar-refractivity contribution in [2.75, 3.05) is 6.61 Å². The Hall–Kier alpha value is -3.08. The highest BCUT2D eigenvalue weighted by Gasteiger charge is 2.76. The fourth-order valence-electron chi connectivity index (χ4n) is 7.98. The maximum atomic E-state index is 13.7. The van der Waals surface area contributed by atoms with Gasteiger partial charge in [0.15, 0.2) is 5.60 Å². The lowest BCUT2D eigenvalue weighted by Gasteiger charge is -2.67. The highest BCUT2D eigenvalue weighted by molar-refractivity contribution is 5.89. The lowest BCUT2D eigenvalue weighted by Crippen LogP contribution is -2.80. The number of esters is 3. The Morgan fingerprint density at radius 1 is 1.12 bits per heavy atom. The molecule has 0 spiro atoms. The van der Waals surface area contributed by atoms with E-state index < -0.39 is 70.3 Å². The fourth-order valence-corrected chi connectivity index (χ4v) is 7.98. The molecule has 2 unspecified atom stereocenters. The maximum Gasteiger partial charge on any atom is 0.338 e. The molecule has 0 amide bonds. The van der Waals surface area contributed by atoms with E-state index in [1.54, 1.807) is 30.3 Å². The topological polar surface area (TPSA) is 146 Å². The Bertz CT molecular complexity index is 1290. The zero-order chi connectivity index (χ0) is 30.0. The summed E-state index contributed by atoms with van der Waals surface area (Å²) in [5.41, 5.74) is -3.89. The molecule has 1 aromatic rings. The van der Waals surface area contributed by atoms with E-state index in [1.165, 1.54) is 20.8 Å². The van der Waals surface area contributed by atoms with Gasteiger partial charge in [-0.2, -0.15) is 0 Å². The molecule has 41 heavy (non-hydrogen) atoms. The third-order valence-corrected chi connectivity index (χ3v) is 10.1. The molecular formula is C31H38O10. The van der Waals surface area contributed by atoms with Gasteiger partial charge < -0.3 is 34.0 Å². The molecule has 10 heteroatoms. The number of aliphatic hydroxyl groups is 2. The van der Waals surface area contributed by atoms with Crippen molar-refractivity contribution >= 4 is 24.2 Å². The lowest BCUT2D eigenvalue weighted by molar-refractivity contribution is -0.343. The number of benzene rings is 1. The quantitative estimate of drug-likeness (QED) is 0.217. The van der Waals surface area contributed by atoms with Crippen LogP contribution in [-0.4, -0.2) is 76.6 Å². The second-order valence-corrected chi connectivity index (χ2v) is 12.5. The van der Waals surface area contributed by atoms with Gasteiger partial charge in [0.05, 0.1) is 29.6 Å². The van der Waals surface area contributed by atoms with E-state index in [9.17, 15) is 29.4 Å². The van der Waals surface area contributed by atoms with E-state index in [2.05, 4.69) is 0 Å². The van der Waals surface area contributed by atoms with Crippen LogP contribution in [0.2, 0.25) is 0 Å². The molecule has 0 aromatic heterocycles. The van der Waals surface area contributed by atoms with Gasteiger partial charge in [0.1, 0.15) is 30.2 Å². The van der Waals surface area contributed by atoms with Gasteiger partial charge in [0.25, 0.3) is 0 Å². The lowest BCUT2D eigenvalue weighted by atomic mass is 9.44. The average molecular weight is 571 g/mol. The molecule has 3 fully saturated rings. The third-order valence-electron chi connectivity index (χ3n) is 10.1. The van der Waals surface area contributed by atoms with Crippen molar-refractivity contribution in [1.29, 1.82) is 0 Å². The molecule has 2 saturated carbocycles. The summed E-state index contributed by atoms with van der Waals surface area (Å²) in [7, 11) is 0. The zero-order valence-electron chi connectivity index (χ0n) is 24.0. The molecule has 4 aliphatic rings. The summed E-state index contributed by atoms with van der Waals surface area (Å²) in [6.45, 7) is 7.76. The summed E-state index contributed by atoms with van der Waals surface area (Å²) in [5, 5.41) is 24.1. The first kappa shape index (κ1) is 29.4. The number of carbonyl (C=O) groups is 4. The van der Waals surface area contributed by atoms with Crippen LogP contribution in [0.4, 0.5) is 0 Å². The van der Waals surface area contributed by atoms with Gasteiger partial charge in [-0.1, -0.05) is 30.7 Å². The Kier molecular flexibility index (Phi) is 7.19. The smallest absolute Gasteiger partial charge is 0.338 e. The monoisotopic (exact) mass is 570 g/mol. The predicted octanol–water partition coefficient (Wildman–Crippen LogP) is 2.68. The van der Waals surface area contributed by atoms with Crippen molar-refractivity contribution in [2.45, 2.75) is 95.9 Å². The van der Waals surface area contributed by atoms with Gasteiger partial charge in [-0.3, -0.25) is 9.59 Å². The van der Waals surface area contributed by atoms with Crippen molar-refractivity contribution in [1.82, 2.24) is 0 Å². The Labute approximate surface area is 239 Å². The maximum absolute atomic E-state index is 13.7. The molecule has 5 rings (SSSR count). The summed E-state index contributed by atoms with van der Waals surface area (Å²) in [6.07, 6.45) is -2.54. The van der Waals surface area contributed by atoms with E-state index in [4.69, 9.17) is 18.9 Å². The molecule has 222 valence electrons. The molecule has 0 radical (unpaired) electrons. The summed E-state index contributed by atoms with van der Waals surface area (Å²) in [6, 6.07) is 8.26. The molecule has 1 aliphatic heterocycles. The normalized spacial score (nSPS) is 40.1. The average Bonchev–Trinajstić information content (AvgIpc) is 2.90. The van der Waals surface area contributed by atoms with Crippen LogP contribution in [0.3, 0.4) is 0 Å². The number of rotatable bonds is 7. The molecule has 9 atom stereocenters. The third kappa shape index (κ3) is 4.25. The Morgan fingerprint density at radius 3 is 2.37 bits per heavy atom. The van der Waals surface area contributed by atoms with Gasteiger partial charge >= 0.3 is 17.9 Å². The number of aldehydes is 1. The van der Waals surface area contributed by atoms with E-state index in [-0.39, 0.29) is 31.4 Å². The fraction of sp³-hybridized carbons (Fsp3) is 0.613. The molecule has 3 aliphatic carbocycles. The summed E-state index contributed by atoms with van der Waals surface area (Å²) in [5.74, 6) is -2.98. The largest absolute Gasteiger partial charge is 0.458 e. The van der Waals surface area contributed by atoms with Crippen LogP contribution >= 0.6 is 0 Å². The molecule has 2 N–H and O–H groups in total. The summed E-state index contributed by atoms with van der Waals surface area (Å²) >= 11 is 0. The van der Waals surface area contributed by atoms with Gasteiger partial charge in [-0.25, -0.2) is 4.79 Å². The van der Waals surface area contributed by atoms with Crippen LogP contribution in [0.1, 0.15) is 70.7 Å². The number of allylic oxidation sites excluding steroid dienone is 1. The van der Waals surface area contributed by atoms with Crippen LogP contribution in [0.15, 0.2) is 41.5 Å². The summed E-state index contributed by atoms with van der Waals surface area (Å²) in [4.78, 5) is 50.9. The molecule has 10 nitrogen and oxygen atoms in total. The minimum absolute atomic E-state index is 0.0207. The Morgan fingerprint density at radius 2 is 1.80 bits per heavy atom. The van der Waals surface area contributed by atoms with Crippen LogP contribution in [-0.2, 0) is 33.3 Å². The highest BCUT2D eigenvalue weighted by atomic mass is 16.6.